The van der Waals surface area contributed by atoms with Crippen molar-refractivity contribution in [3.05, 3.63) is 65.6 Å². The summed E-state index contributed by atoms with van der Waals surface area (Å²) in [5, 5.41) is 13.5. The van der Waals surface area contributed by atoms with Crippen molar-refractivity contribution in [2.24, 2.45) is 0 Å². The standard InChI is InChI=1S/C19H22N4O/c24-13-15-4-6-16(7-5-15)17-8-10-22(11-9-17)12-18-2-1-3-19-20-14-21-23(18)19/h1-7,14,17,24H,8-13H2. The molecule has 0 bridgehead atoms. The van der Waals surface area contributed by atoms with Gasteiger partial charge in [-0.25, -0.2) is 9.50 Å². The number of aromatic nitrogens is 3. The molecule has 1 saturated heterocycles. The first-order valence-electron chi connectivity index (χ1n) is 8.53. The minimum atomic E-state index is 0.118. The third kappa shape index (κ3) is 3.05. The molecule has 1 N–H and O–H groups in total. The van der Waals surface area contributed by atoms with Gasteiger partial charge in [-0.15, -0.1) is 0 Å². The smallest absolute Gasteiger partial charge is 0.155 e. The Kier molecular flexibility index (Phi) is 4.28. The van der Waals surface area contributed by atoms with Crippen molar-refractivity contribution in [3.63, 3.8) is 0 Å². The van der Waals surface area contributed by atoms with Crippen LogP contribution in [0.25, 0.3) is 5.65 Å². The van der Waals surface area contributed by atoms with Gasteiger partial charge in [0.1, 0.15) is 6.33 Å². The largest absolute Gasteiger partial charge is 0.392 e. The summed E-state index contributed by atoms with van der Waals surface area (Å²) >= 11 is 0. The minimum Gasteiger partial charge on any atom is -0.392 e. The molecule has 0 atom stereocenters. The molecule has 3 aromatic rings. The van der Waals surface area contributed by atoms with Crippen molar-refractivity contribution in [1.82, 2.24) is 19.5 Å². The molecule has 2 aromatic heterocycles. The van der Waals surface area contributed by atoms with E-state index in [2.05, 4.69) is 39.2 Å². The van der Waals surface area contributed by atoms with Crippen LogP contribution in [0.3, 0.4) is 0 Å². The molecule has 0 unspecified atom stereocenters. The Hall–Kier alpha value is -2.24. The quantitative estimate of drug-likeness (QED) is 0.802. The van der Waals surface area contributed by atoms with Crippen LogP contribution in [-0.4, -0.2) is 37.7 Å². The number of hydrogen-bond acceptors (Lipinski definition) is 4. The van der Waals surface area contributed by atoms with E-state index in [1.165, 1.54) is 24.1 Å². The van der Waals surface area contributed by atoms with Crippen molar-refractivity contribution >= 4 is 5.65 Å². The van der Waals surface area contributed by atoms with Crippen molar-refractivity contribution in [2.75, 3.05) is 13.1 Å². The van der Waals surface area contributed by atoms with Crippen molar-refractivity contribution < 1.29 is 5.11 Å². The molecule has 0 amide bonds. The first kappa shape index (κ1) is 15.3. The molecule has 1 fully saturated rings. The maximum absolute atomic E-state index is 9.16. The molecule has 1 aromatic carbocycles. The molecule has 5 heteroatoms. The summed E-state index contributed by atoms with van der Waals surface area (Å²) in [6.07, 6.45) is 3.96. The van der Waals surface area contributed by atoms with E-state index in [9.17, 15) is 0 Å². The number of benzene rings is 1. The van der Waals surface area contributed by atoms with Gasteiger partial charge in [-0.3, -0.25) is 4.90 Å². The molecule has 5 nitrogen and oxygen atoms in total. The fourth-order valence-electron chi connectivity index (χ4n) is 3.57. The predicted molar refractivity (Wildman–Crippen MR) is 92.6 cm³/mol. The molecule has 1 aliphatic rings. The van der Waals surface area contributed by atoms with Crippen LogP contribution in [0.15, 0.2) is 48.8 Å². The number of likely N-dealkylation sites (tertiary alicyclic amines) is 1. The Morgan fingerprint density at radius 2 is 1.83 bits per heavy atom. The summed E-state index contributed by atoms with van der Waals surface area (Å²) in [5.74, 6) is 0.621. The van der Waals surface area contributed by atoms with Crippen LogP contribution >= 0.6 is 0 Å². The maximum atomic E-state index is 9.16. The fourth-order valence-corrected chi connectivity index (χ4v) is 3.57. The molecule has 24 heavy (non-hydrogen) atoms. The second-order valence-electron chi connectivity index (χ2n) is 6.50. The highest BCUT2D eigenvalue weighted by Gasteiger charge is 2.21. The summed E-state index contributed by atoms with van der Waals surface area (Å²) in [7, 11) is 0. The number of aliphatic hydroxyl groups is 1. The predicted octanol–water partition coefficient (Wildman–Crippen LogP) is 2.60. The van der Waals surface area contributed by atoms with E-state index in [0.717, 1.165) is 30.8 Å². The Labute approximate surface area is 141 Å². The third-order valence-electron chi connectivity index (χ3n) is 4.99. The molecule has 124 valence electrons. The number of pyridine rings is 1. The lowest BCUT2D eigenvalue weighted by molar-refractivity contribution is 0.201. The molecule has 0 saturated carbocycles. The highest BCUT2D eigenvalue weighted by Crippen LogP contribution is 2.28. The van der Waals surface area contributed by atoms with Gasteiger partial charge in [-0.1, -0.05) is 30.3 Å². The summed E-state index contributed by atoms with van der Waals surface area (Å²) < 4.78 is 1.93. The lowest BCUT2D eigenvalue weighted by Gasteiger charge is -2.32. The molecular weight excluding hydrogens is 300 g/mol. The van der Waals surface area contributed by atoms with Crippen LogP contribution < -0.4 is 0 Å². The molecular formula is C19H22N4O. The summed E-state index contributed by atoms with van der Waals surface area (Å²) in [4.78, 5) is 6.75. The Morgan fingerprint density at radius 1 is 1.04 bits per heavy atom. The zero-order chi connectivity index (χ0) is 16.4. The number of fused-ring (bicyclic) bond motifs is 1. The Morgan fingerprint density at radius 3 is 2.58 bits per heavy atom. The minimum absolute atomic E-state index is 0.118. The second-order valence-corrected chi connectivity index (χ2v) is 6.50. The van der Waals surface area contributed by atoms with Crippen LogP contribution in [0, 0.1) is 0 Å². The molecule has 0 radical (unpaired) electrons. The molecule has 0 aliphatic carbocycles. The summed E-state index contributed by atoms with van der Waals surface area (Å²) in [6, 6.07) is 14.6. The highest BCUT2D eigenvalue weighted by atomic mass is 16.3. The maximum Gasteiger partial charge on any atom is 0.155 e. The Bertz CT molecular complexity index is 804. The van der Waals surface area contributed by atoms with Crippen LogP contribution in [0.2, 0.25) is 0 Å². The lowest BCUT2D eigenvalue weighted by atomic mass is 9.89. The van der Waals surface area contributed by atoms with Crippen LogP contribution in [0.4, 0.5) is 0 Å². The number of piperidine rings is 1. The van der Waals surface area contributed by atoms with E-state index in [1.807, 2.05) is 22.7 Å². The monoisotopic (exact) mass is 322 g/mol. The van der Waals surface area contributed by atoms with Gasteiger partial charge in [-0.05, 0) is 55.1 Å². The van der Waals surface area contributed by atoms with Crippen molar-refractivity contribution in [1.29, 1.82) is 0 Å². The van der Waals surface area contributed by atoms with Crippen molar-refractivity contribution in [3.8, 4) is 0 Å². The lowest BCUT2D eigenvalue weighted by Crippen LogP contribution is -2.33. The van der Waals surface area contributed by atoms with Gasteiger partial charge in [0, 0.05) is 6.54 Å². The van der Waals surface area contributed by atoms with E-state index < -0.39 is 0 Å². The highest BCUT2D eigenvalue weighted by molar-refractivity contribution is 5.37. The fraction of sp³-hybridized carbons (Fsp3) is 0.368. The van der Waals surface area contributed by atoms with E-state index >= 15 is 0 Å². The van der Waals surface area contributed by atoms with Gasteiger partial charge >= 0.3 is 0 Å². The molecule has 4 rings (SSSR count). The van der Waals surface area contributed by atoms with Crippen LogP contribution in [0.5, 0.6) is 0 Å². The molecule has 3 heterocycles. The van der Waals surface area contributed by atoms with E-state index in [0.29, 0.717) is 5.92 Å². The molecule has 1 aliphatic heterocycles. The van der Waals surface area contributed by atoms with E-state index in [4.69, 9.17) is 5.11 Å². The van der Waals surface area contributed by atoms with Crippen molar-refractivity contribution in [2.45, 2.75) is 31.9 Å². The number of aliphatic hydroxyl groups excluding tert-OH is 1. The third-order valence-corrected chi connectivity index (χ3v) is 4.99. The second kappa shape index (κ2) is 6.71. The topological polar surface area (TPSA) is 53.7 Å². The van der Waals surface area contributed by atoms with Crippen LogP contribution in [-0.2, 0) is 13.2 Å². The van der Waals surface area contributed by atoms with Gasteiger partial charge in [0.05, 0.1) is 12.3 Å². The number of hydrogen-bond donors (Lipinski definition) is 1. The summed E-state index contributed by atoms with van der Waals surface area (Å²) in [6.45, 7) is 3.22. The van der Waals surface area contributed by atoms with E-state index in [-0.39, 0.29) is 6.61 Å². The first-order valence-corrected chi connectivity index (χ1v) is 8.53. The van der Waals surface area contributed by atoms with Gasteiger partial charge in [0.25, 0.3) is 0 Å². The summed E-state index contributed by atoms with van der Waals surface area (Å²) in [5.41, 5.74) is 4.48. The number of nitrogens with zero attached hydrogens (tertiary/aromatic N) is 4. The first-order chi connectivity index (χ1) is 11.8. The number of rotatable bonds is 4. The zero-order valence-electron chi connectivity index (χ0n) is 13.7. The molecule has 0 spiro atoms. The zero-order valence-corrected chi connectivity index (χ0v) is 13.7. The van der Waals surface area contributed by atoms with E-state index in [1.54, 1.807) is 6.33 Å². The SMILES string of the molecule is OCc1ccc(C2CCN(Cc3cccc4ncnn34)CC2)cc1. The van der Waals surface area contributed by atoms with Crippen LogP contribution in [0.1, 0.15) is 35.6 Å². The van der Waals surface area contributed by atoms with Gasteiger partial charge in [-0.2, -0.15) is 5.10 Å². The average molecular weight is 322 g/mol. The van der Waals surface area contributed by atoms with Gasteiger partial charge < -0.3 is 5.11 Å². The normalized spacial score (nSPS) is 16.7. The van der Waals surface area contributed by atoms with Gasteiger partial charge in [0.15, 0.2) is 5.65 Å². The average Bonchev–Trinajstić information content (AvgIpc) is 3.12. The van der Waals surface area contributed by atoms with Gasteiger partial charge in [0.2, 0.25) is 0 Å². The Balaban J connectivity index is 1.40.